The third-order valence-corrected chi connectivity index (χ3v) is 14.2. The zero-order valence-corrected chi connectivity index (χ0v) is 48.8. The molecule has 0 aromatic heterocycles. The third kappa shape index (κ3) is 52.6. The Morgan fingerprint density at radius 1 is 0.500 bits per heavy atom. The van der Waals surface area contributed by atoms with Crippen LogP contribution in [-0.2, 0) is 27.9 Å². The van der Waals surface area contributed by atoms with Gasteiger partial charge in [-0.2, -0.15) is 0 Å². The van der Waals surface area contributed by atoms with Gasteiger partial charge in [-0.1, -0.05) is 230 Å². The number of carbonyl (C=O) groups excluding carboxylic acids is 2. The SMILES string of the molecule is CC/C=C/C/C=C/C/C=C/CCCCCCCCC(=O)NC(COP(=O)(O)OCC[N+](C)(C)C)C(/C=C/CCCCCCCCCCC)OC(=O)CCCCCCCCCCC/C=C/CCCCCCCC. The number of hydrogen-bond donors (Lipinski definition) is 2. The molecule has 2 N–H and O–H groups in total. The summed E-state index contributed by atoms with van der Waals surface area (Å²) in [5.41, 5.74) is 0. The molecule has 0 saturated heterocycles. The molecule has 1 amide bonds. The van der Waals surface area contributed by atoms with Crippen molar-refractivity contribution >= 4 is 19.7 Å². The van der Waals surface area contributed by atoms with Crippen molar-refractivity contribution in [3.05, 3.63) is 60.8 Å². The highest BCUT2D eigenvalue weighted by molar-refractivity contribution is 7.47. The van der Waals surface area contributed by atoms with E-state index in [0.717, 1.165) is 89.9 Å². The minimum absolute atomic E-state index is 0.0361. The van der Waals surface area contributed by atoms with E-state index in [1.54, 1.807) is 0 Å². The van der Waals surface area contributed by atoms with Crippen molar-refractivity contribution in [1.82, 2.24) is 5.32 Å². The number of likely N-dealkylation sites (N-methyl/N-ethyl adjacent to an activating group) is 1. The molecule has 0 heterocycles. The molecule has 0 rings (SSSR count). The molecule has 9 nitrogen and oxygen atoms in total. The first-order chi connectivity index (χ1) is 34.9. The van der Waals surface area contributed by atoms with Crippen LogP contribution in [0.15, 0.2) is 60.8 Å². The molecule has 10 heteroatoms. The maximum absolute atomic E-state index is 13.5. The van der Waals surface area contributed by atoms with E-state index < -0.39 is 20.0 Å². The van der Waals surface area contributed by atoms with Crippen molar-refractivity contribution in [1.29, 1.82) is 0 Å². The van der Waals surface area contributed by atoms with E-state index in [4.69, 9.17) is 13.8 Å². The van der Waals surface area contributed by atoms with Crippen molar-refractivity contribution in [3.8, 4) is 0 Å². The van der Waals surface area contributed by atoms with Crippen LogP contribution in [0.2, 0.25) is 0 Å². The number of amides is 1. The zero-order chi connectivity index (χ0) is 52.9. The molecule has 0 aliphatic carbocycles. The van der Waals surface area contributed by atoms with E-state index in [2.05, 4.69) is 74.7 Å². The number of phosphoric acid groups is 1. The quantitative estimate of drug-likeness (QED) is 0.0205. The van der Waals surface area contributed by atoms with Crippen molar-refractivity contribution in [2.75, 3.05) is 40.9 Å². The second-order valence-corrected chi connectivity index (χ2v) is 22.9. The Hall–Kier alpha value is -2.29. The van der Waals surface area contributed by atoms with Crippen LogP contribution in [0.5, 0.6) is 0 Å². The molecule has 0 bridgehead atoms. The van der Waals surface area contributed by atoms with Gasteiger partial charge in [-0.15, -0.1) is 0 Å². The van der Waals surface area contributed by atoms with E-state index in [-0.39, 0.29) is 31.5 Å². The highest BCUT2D eigenvalue weighted by Crippen LogP contribution is 2.43. The van der Waals surface area contributed by atoms with Crippen LogP contribution in [-0.4, -0.2) is 74.3 Å². The van der Waals surface area contributed by atoms with E-state index in [1.165, 1.54) is 148 Å². The van der Waals surface area contributed by atoms with Gasteiger partial charge in [0.15, 0.2) is 0 Å². The van der Waals surface area contributed by atoms with Crippen LogP contribution in [0.3, 0.4) is 0 Å². The Balaban J connectivity index is 5.26. The topological polar surface area (TPSA) is 111 Å². The van der Waals surface area contributed by atoms with Crippen molar-refractivity contribution in [2.45, 2.75) is 283 Å². The van der Waals surface area contributed by atoms with E-state index in [0.29, 0.717) is 17.4 Å². The summed E-state index contributed by atoms with van der Waals surface area (Å²) >= 11 is 0. The number of rotatable bonds is 54. The molecule has 420 valence electrons. The molecule has 0 saturated carbocycles. The Labute approximate surface area is 445 Å². The van der Waals surface area contributed by atoms with Gasteiger partial charge in [-0.05, 0) is 89.5 Å². The van der Waals surface area contributed by atoms with Crippen LogP contribution in [0.4, 0.5) is 0 Å². The summed E-state index contributed by atoms with van der Waals surface area (Å²) in [4.78, 5) is 37.6. The second kappa shape index (κ2) is 52.2. The summed E-state index contributed by atoms with van der Waals surface area (Å²) in [5, 5.41) is 3.04. The predicted molar refractivity (Wildman–Crippen MR) is 309 cm³/mol. The number of hydrogen-bond acceptors (Lipinski definition) is 6. The molecule has 72 heavy (non-hydrogen) atoms. The van der Waals surface area contributed by atoms with E-state index >= 15 is 0 Å². The number of nitrogens with zero attached hydrogens (tertiary/aromatic N) is 1. The minimum Gasteiger partial charge on any atom is -0.456 e. The Bertz CT molecular complexity index is 1420. The fourth-order valence-corrected chi connectivity index (χ4v) is 9.27. The summed E-state index contributed by atoms with van der Waals surface area (Å²) < 4.78 is 30.6. The van der Waals surface area contributed by atoms with Crippen molar-refractivity contribution in [3.63, 3.8) is 0 Å². The minimum atomic E-state index is -4.45. The fraction of sp³-hybridized carbons (Fsp3) is 0.806. The lowest BCUT2D eigenvalue weighted by Crippen LogP contribution is -2.47. The fourth-order valence-electron chi connectivity index (χ4n) is 8.54. The highest BCUT2D eigenvalue weighted by Gasteiger charge is 2.30. The number of quaternary nitrogens is 1. The lowest BCUT2D eigenvalue weighted by atomic mass is 10.0. The molecule has 3 unspecified atom stereocenters. The van der Waals surface area contributed by atoms with Crippen LogP contribution >= 0.6 is 7.82 Å². The maximum Gasteiger partial charge on any atom is 0.472 e. The molecule has 0 aromatic rings. The van der Waals surface area contributed by atoms with Gasteiger partial charge in [0.25, 0.3) is 0 Å². The number of nitrogens with one attached hydrogen (secondary N) is 1. The summed E-state index contributed by atoms with van der Waals surface area (Å²) in [5.74, 6) is -0.519. The monoisotopic (exact) mass is 1030 g/mol. The summed E-state index contributed by atoms with van der Waals surface area (Å²) in [6, 6.07) is -0.856. The molecule has 0 radical (unpaired) electrons. The molecule has 0 spiro atoms. The molecule has 0 fully saturated rings. The smallest absolute Gasteiger partial charge is 0.456 e. The standard InChI is InChI=1S/C62H115N2O7P/c1-7-10-13-16-19-22-25-27-29-31-32-33-35-37-40-43-46-49-52-55-62(66)71-60(53-50-47-44-41-38-24-21-18-15-12-9-3)59(58-70-72(67,68)69-57-56-64(4,5)6)63-61(65)54-51-48-45-42-39-36-34-30-28-26-23-20-17-14-11-8-2/h11,14,20,23,27-30,50,53,59-60H,7-10,12-13,15-19,21-22,24-26,31-49,51-52,54-58H2,1-6H3,(H-,63,65,67,68)/p+1/b14-11+,23-20+,29-27+,30-28+,53-50+. The third-order valence-electron chi connectivity index (χ3n) is 13.2. The highest BCUT2D eigenvalue weighted by atomic mass is 31.2. The number of esters is 1. The van der Waals surface area contributed by atoms with Crippen LogP contribution in [0.1, 0.15) is 271 Å². The molecule has 0 aliphatic heterocycles. The van der Waals surface area contributed by atoms with Gasteiger partial charge in [-0.25, -0.2) is 4.57 Å². The average Bonchev–Trinajstić information content (AvgIpc) is 3.34. The second-order valence-electron chi connectivity index (χ2n) is 21.5. The van der Waals surface area contributed by atoms with Gasteiger partial charge in [0.1, 0.15) is 19.3 Å². The number of unbranched alkanes of at least 4 members (excludes halogenated alkanes) is 30. The first kappa shape index (κ1) is 69.7. The molecule has 0 aliphatic rings. The van der Waals surface area contributed by atoms with E-state index in [1.807, 2.05) is 33.3 Å². The number of allylic oxidation sites excluding steroid dienone is 9. The van der Waals surface area contributed by atoms with Gasteiger partial charge in [0, 0.05) is 12.8 Å². The van der Waals surface area contributed by atoms with Crippen LogP contribution < -0.4 is 5.32 Å². The number of carbonyl (C=O) groups is 2. The summed E-state index contributed by atoms with van der Waals surface area (Å²) in [7, 11) is 1.48. The van der Waals surface area contributed by atoms with Crippen LogP contribution in [0, 0.1) is 0 Å². The van der Waals surface area contributed by atoms with Gasteiger partial charge >= 0.3 is 13.8 Å². The van der Waals surface area contributed by atoms with Gasteiger partial charge in [0.05, 0.1) is 33.8 Å². The summed E-state index contributed by atoms with van der Waals surface area (Å²) in [6.45, 7) is 6.89. The molecular weight excluding hydrogens is 916 g/mol. The van der Waals surface area contributed by atoms with Gasteiger partial charge in [0.2, 0.25) is 5.91 Å². The predicted octanol–water partition coefficient (Wildman–Crippen LogP) is 18.3. The first-order valence-electron chi connectivity index (χ1n) is 30.1. The van der Waals surface area contributed by atoms with Gasteiger partial charge in [-0.3, -0.25) is 18.6 Å². The molecule has 0 aromatic carbocycles. The van der Waals surface area contributed by atoms with Crippen molar-refractivity contribution in [2.24, 2.45) is 0 Å². The average molecular weight is 1030 g/mol. The zero-order valence-electron chi connectivity index (χ0n) is 47.9. The lowest BCUT2D eigenvalue weighted by molar-refractivity contribution is -0.870. The van der Waals surface area contributed by atoms with Crippen LogP contribution in [0.25, 0.3) is 0 Å². The Kier molecular flexibility index (Phi) is 50.5. The largest absolute Gasteiger partial charge is 0.472 e. The molecular formula is C62H116N2O7P+. The maximum atomic E-state index is 13.5. The number of ether oxygens (including phenoxy) is 1. The van der Waals surface area contributed by atoms with E-state index in [9.17, 15) is 19.0 Å². The Morgan fingerprint density at radius 2 is 0.889 bits per heavy atom. The first-order valence-corrected chi connectivity index (χ1v) is 31.6. The molecule has 3 atom stereocenters. The normalized spacial score (nSPS) is 14.2. The van der Waals surface area contributed by atoms with Gasteiger partial charge < -0.3 is 19.4 Å². The number of phosphoric ester groups is 1. The summed E-state index contributed by atoms with van der Waals surface area (Å²) in [6.07, 6.45) is 65.0. The Morgan fingerprint density at radius 3 is 1.35 bits per heavy atom. The lowest BCUT2D eigenvalue weighted by Gasteiger charge is -2.27. The van der Waals surface area contributed by atoms with Crippen molar-refractivity contribution < 1.29 is 37.3 Å².